The van der Waals surface area contributed by atoms with E-state index in [-0.39, 0.29) is 11.7 Å². The second-order valence-electron chi connectivity index (χ2n) is 4.93. The fourth-order valence-corrected chi connectivity index (χ4v) is 3.27. The molecular weight excluding hydrogens is 392 g/mol. The normalized spacial score (nSPS) is 10.8. The minimum Gasteiger partial charge on any atom is -0.493 e. The molecule has 0 saturated carbocycles. The fraction of sp³-hybridized carbons (Fsp3) is 0.235. The third-order valence-corrected chi connectivity index (χ3v) is 4.70. The highest BCUT2D eigenvalue weighted by atomic mass is 79.9. The quantitative estimate of drug-likeness (QED) is 0.565. The number of carbonyl (C=O) groups is 2. The topological polar surface area (TPSA) is 68.3 Å². The van der Waals surface area contributed by atoms with Gasteiger partial charge in [-0.15, -0.1) is 0 Å². The summed E-state index contributed by atoms with van der Waals surface area (Å²) in [5, 5.41) is 3.08. The molecule has 0 aliphatic heterocycles. The van der Waals surface area contributed by atoms with Crippen molar-refractivity contribution in [3.63, 3.8) is 0 Å². The molecule has 1 N–H and O–H groups in total. The molecule has 1 aromatic carbocycles. The number of benzene rings is 1. The van der Waals surface area contributed by atoms with Crippen LogP contribution in [0.1, 0.15) is 34.8 Å². The first-order valence-electron chi connectivity index (χ1n) is 7.30. The third-order valence-electron chi connectivity index (χ3n) is 3.03. The summed E-state index contributed by atoms with van der Waals surface area (Å²) in [5.74, 6) is 0.325. The number of halogens is 1. The zero-order chi connectivity index (χ0) is 17.7. The summed E-state index contributed by atoms with van der Waals surface area (Å²) in [5.41, 5.74) is 1.42. The van der Waals surface area contributed by atoms with Crippen LogP contribution in [0.4, 0.5) is 5.13 Å². The molecular formula is C17H17BrN2O3S. The molecule has 0 radical (unpaired) electrons. The van der Waals surface area contributed by atoms with Gasteiger partial charge in [0.2, 0.25) is 5.91 Å². The van der Waals surface area contributed by atoms with Crippen LogP contribution < -0.4 is 10.1 Å². The van der Waals surface area contributed by atoms with Crippen LogP contribution in [0.15, 0.2) is 28.7 Å². The van der Waals surface area contributed by atoms with Gasteiger partial charge in [0.25, 0.3) is 0 Å². The summed E-state index contributed by atoms with van der Waals surface area (Å²) in [6.07, 6.45) is 3.09. The van der Waals surface area contributed by atoms with Crippen molar-refractivity contribution in [3.05, 3.63) is 44.9 Å². The van der Waals surface area contributed by atoms with Gasteiger partial charge >= 0.3 is 0 Å². The van der Waals surface area contributed by atoms with E-state index in [0.29, 0.717) is 28.1 Å². The number of hydrogen-bond donors (Lipinski definition) is 1. The van der Waals surface area contributed by atoms with E-state index < -0.39 is 0 Å². The summed E-state index contributed by atoms with van der Waals surface area (Å²) >= 11 is 4.57. The van der Waals surface area contributed by atoms with Gasteiger partial charge in [-0.25, -0.2) is 4.98 Å². The molecule has 2 rings (SSSR count). The van der Waals surface area contributed by atoms with Crippen LogP contribution in [-0.2, 0) is 4.79 Å². The number of nitrogens with one attached hydrogen (secondary N) is 1. The predicted molar refractivity (Wildman–Crippen MR) is 99.8 cm³/mol. The van der Waals surface area contributed by atoms with Crippen molar-refractivity contribution < 1.29 is 14.3 Å². The Labute approximate surface area is 152 Å². The molecule has 2 aromatic rings. The van der Waals surface area contributed by atoms with Crippen LogP contribution in [-0.4, -0.2) is 23.3 Å². The highest BCUT2D eigenvalue weighted by Crippen LogP contribution is 2.25. The number of rotatable bonds is 6. The largest absolute Gasteiger partial charge is 0.493 e. The molecule has 0 aliphatic rings. The number of anilines is 1. The predicted octanol–water partition coefficient (Wildman–Crippen LogP) is 4.47. The third kappa shape index (κ3) is 4.75. The van der Waals surface area contributed by atoms with Crippen molar-refractivity contribution in [1.29, 1.82) is 0 Å². The Morgan fingerprint density at radius 1 is 1.42 bits per heavy atom. The summed E-state index contributed by atoms with van der Waals surface area (Å²) in [7, 11) is 0. The molecule has 7 heteroatoms. The first-order valence-corrected chi connectivity index (χ1v) is 8.91. The minimum absolute atomic E-state index is 0.0588. The Balaban J connectivity index is 2.12. The lowest BCUT2D eigenvalue weighted by molar-refractivity contribution is -0.111. The van der Waals surface area contributed by atoms with E-state index in [1.165, 1.54) is 24.3 Å². The monoisotopic (exact) mass is 408 g/mol. The molecule has 1 heterocycles. The number of carbonyl (C=O) groups excluding carboxylic acids is 2. The summed E-state index contributed by atoms with van der Waals surface area (Å²) < 4.78 is 6.43. The van der Waals surface area contributed by atoms with Crippen molar-refractivity contribution in [2.45, 2.75) is 20.8 Å². The lowest BCUT2D eigenvalue weighted by Crippen LogP contribution is -2.07. The van der Waals surface area contributed by atoms with Gasteiger partial charge in [-0.1, -0.05) is 27.3 Å². The number of Topliss-reactive ketones (excluding diaryl/α,β-unsaturated/α-hetero) is 1. The average Bonchev–Trinajstić information content (AvgIpc) is 2.88. The number of amides is 1. The van der Waals surface area contributed by atoms with E-state index in [0.717, 1.165) is 10.0 Å². The van der Waals surface area contributed by atoms with Crippen molar-refractivity contribution in [3.8, 4) is 5.75 Å². The van der Waals surface area contributed by atoms with E-state index in [9.17, 15) is 9.59 Å². The van der Waals surface area contributed by atoms with Crippen LogP contribution >= 0.6 is 27.3 Å². The zero-order valence-electron chi connectivity index (χ0n) is 13.6. The smallest absolute Gasteiger partial charge is 0.250 e. The van der Waals surface area contributed by atoms with Gasteiger partial charge in [-0.05, 0) is 38.1 Å². The average molecular weight is 409 g/mol. The molecule has 126 valence electrons. The summed E-state index contributed by atoms with van der Waals surface area (Å²) in [6, 6.07) is 5.59. The Morgan fingerprint density at radius 2 is 2.17 bits per heavy atom. The lowest BCUT2D eigenvalue weighted by atomic mass is 10.2. The van der Waals surface area contributed by atoms with Crippen LogP contribution in [0.5, 0.6) is 5.75 Å². The van der Waals surface area contributed by atoms with Crippen molar-refractivity contribution in [2.75, 3.05) is 11.9 Å². The van der Waals surface area contributed by atoms with Crippen LogP contribution in [0.3, 0.4) is 0 Å². The number of nitrogens with zero attached hydrogens (tertiary/aromatic N) is 1. The highest BCUT2D eigenvalue weighted by molar-refractivity contribution is 9.10. The zero-order valence-corrected chi connectivity index (χ0v) is 16.0. The second-order valence-corrected chi connectivity index (χ2v) is 6.84. The molecule has 5 nitrogen and oxygen atoms in total. The number of aromatic nitrogens is 1. The van der Waals surface area contributed by atoms with Gasteiger partial charge in [0.1, 0.15) is 5.75 Å². The summed E-state index contributed by atoms with van der Waals surface area (Å²) in [4.78, 5) is 28.2. The second kappa shape index (κ2) is 8.21. The fourth-order valence-electron chi connectivity index (χ4n) is 2.03. The number of hydrogen-bond acceptors (Lipinski definition) is 5. The molecule has 1 aromatic heterocycles. The minimum atomic E-state index is -0.318. The standard InChI is InChI=1S/C17H17BrN2O3S/c1-4-23-14-7-6-13(18)9-12(14)5-8-15(22)20-17-19-10(2)16(24-17)11(3)21/h5-9H,4H2,1-3H3,(H,19,20,22). The van der Waals surface area contributed by atoms with E-state index in [4.69, 9.17) is 4.74 Å². The molecule has 0 atom stereocenters. The van der Waals surface area contributed by atoms with Gasteiger partial charge in [0, 0.05) is 23.0 Å². The van der Waals surface area contributed by atoms with Gasteiger partial charge in [-0.3, -0.25) is 14.9 Å². The first-order chi connectivity index (χ1) is 11.4. The maximum absolute atomic E-state index is 12.1. The maximum Gasteiger partial charge on any atom is 0.250 e. The number of ketones is 1. The summed E-state index contributed by atoms with van der Waals surface area (Å²) in [6.45, 7) is 5.67. The van der Waals surface area contributed by atoms with E-state index in [2.05, 4.69) is 26.2 Å². The highest BCUT2D eigenvalue weighted by Gasteiger charge is 2.12. The van der Waals surface area contributed by atoms with Gasteiger partial charge in [0.05, 0.1) is 17.2 Å². The Morgan fingerprint density at radius 3 is 2.79 bits per heavy atom. The molecule has 0 aliphatic carbocycles. The van der Waals surface area contributed by atoms with Crippen molar-refractivity contribution in [2.24, 2.45) is 0 Å². The molecule has 1 amide bonds. The van der Waals surface area contributed by atoms with Gasteiger partial charge < -0.3 is 4.74 Å². The molecule has 0 fully saturated rings. The maximum atomic E-state index is 12.1. The number of ether oxygens (including phenoxy) is 1. The van der Waals surface area contributed by atoms with Crippen molar-refractivity contribution in [1.82, 2.24) is 4.98 Å². The molecule has 0 saturated heterocycles. The first kappa shape index (κ1) is 18.4. The SMILES string of the molecule is CCOc1ccc(Br)cc1C=CC(=O)Nc1nc(C)c(C(C)=O)s1. The van der Waals surface area contributed by atoms with Crippen LogP contribution in [0.2, 0.25) is 0 Å². The number of aryl methyl sites for hydroxylation is 1. The molecule has 0 unspecified atom stereocenters. The Kier molecular flexibility index (Phi) is 6.28. The number of thiazole rings is 1. The van der Waals surface area contributed by atoms with Gasteiger partial charge in [0.15, 0.2) is 10.9 Å². The molecule has 0 bridgehead atoms. The van der Waals surface area contributed by atoms with E-state index in [1.807, 2.05) is 25.1 Å². The Hall–Kier alpha value is -1.99. The van der Waals surface area contributed by atoms with Crippen LogP contribution in [0.25, 0.3) is 6.08 Å². The lowest BCUT2D eigenvalue weighted by Gasteiger charge is -2.07. The molecule has 24 heavy (non-hydrogen) atoms. The van der Waals surface area contributed by atoms with Gasteiger partial charge in [-0.2, -0.15) is 0 Å². The van der Waals surface area contributed by atoms with Crippen LogP contribution in [0, 0.1) is 6.92 Å². The van der Waals surface area contributed by atoms with E-state index >= 15 is 0 Å². The van der Waals surface area contributed by atoms with Crippen molar-refractivity contribution >= 4 is 50.2 Å². The molecule has 0 spiro atoms. The Bertz CT molecular complexity index is 799. The van der Waals surface area contributed by atoms with E-state index in [1.54, 1.807) is 13.0 Å².